The molecule has 2 aliphatic heterocycles. The van der Waals surface area contributed by atoms with Crippen LogP contribution in [0.15, 0.2) is 109 Å². The van der Waals surface area contributed by atoms with Gasteiger partial charge < -0.3 is 33.3 Å². The molecule has 1 aliphatic carbocycles. The number of methoxy groups -OCH3 is 4. The van der Waals surface area contributed by atoms with E-state index in [1.54, 1.807) is 14.2 Å². The monoisotopic (exact) mass is 843 g/mol. The highest BCUT2D eigenvalue weighted by atomic mass is 16.5. The number of unbranched alkanes of at least 4 members (excludes halogenated alkanes) is 1. The van der Waals surface area contributed by atoms with Gasteiger partial charge in [0.15, 0.2) is 5.60 Å². The maximum Gasteiger partial charge on any atom is 0.178 e. The Morgan fingerprint density at radius 3 is 1.97 bits per heavy atom. The minimum atomic E-state index is -0.979. The van der Waals surface area contributed by atoms with Gasteiger partial charge in [0.05, 0.1) is 26.5 Å². The van der Waals surface area contributed by atoms with Crippen LogP contribution in [0.1, 0.15) is 85.3 Å². The molecule has 7 nitrogen and oxygen atoms in total. The van der Waals surface area contributed by atoms with Crippen molar-refractivity contribution in [3.8, 4) is 45.3 Å². The number of anilines is 1. The zero-order chi connectivity index (χ0) is 43.6. The Hall–Kier alpha value is -5.76. The third kappa shape index (κ3) is 7.63. The van der Waals surface area contributed by atoms with Crippen molar-refractivity contribution in [2.24, 2.45) is 0 Å². The highest BCUT2D eigenvalue weighted by Gasteiger charge is 2.48. The summed E-state index contributed by atoms with van der Waals surface area (Å²) in [7, 11) is 7.11. The van der Waals surface area contributed by atoms with Gasteiger partial charge in [-0.2, -0.15) is 0 Å². The number of ether oxygens (including phenoxy) is 6. The number of nitrogens with zero attached hydrogens (tertiary/aromatic N) is 1. The van der Waals surface area contributed by atoms with Crippen LogP contribution in [-0.4, -0.2) is 61.3 Å². The molecule has 0 N–H and O–H groups in total. The molecule has 0 spiro atoms. The standard InChI is InChI=1S/C56H61NO6/c1-7-8-32-62-44-23-19-42(20-24-44)56(41-17-21-43(60-5)22-18-41)27-26-46-53-52(47-36-50(57-30-10-9-11-31-57)51(61-6)37-48(47)54(46)63-56)45-25-16-40(39-14-12-38(2)13-15-39)35-49(45)55(53,28-33-58-3)29-34-59-4/h12-27,35-37H,7-11,28-34H2,1-6H3. The van der Waals surface area contributed by atoms with Crippen LogP contribution in [0, 0.1) is 6.92 Å². The first-order valence-electron chi connectivity index (χ1n) is 22.8. The first-order valence-corrected chi connectivity index (χ1v) is 22.8. The van der Waals surface area contributed by atoms with E-state index in [4.69, 9.17) is 28.4 Å². The molecular formula is C56H61NO6. The van der Waals surface area contributed by atoms with E-state index in [1.165, 1.54) is 45.4 Å². The Morgan fingerprint density at radius 2 is 1.33 bits per heavy atom. The fraction of sp³-hybridized carbons (Fsp3) is 0.357. The minimum absolute atomic E-state index is 0.452. The van der Waals surface area contributed by atoms with E-state index in [-0.39, 0.29) is 0 Å². The summed E-state index contributed by atoms with van der Waals surface area (Å²) < 4.78 is 38.0. The fourth-order valence-corrected chi connectivity index (χ4v) is 10.3. The molecule has 2 heterocycles. The van der Waals surface area contributed by atoms with E-state index in [2.05, 4.69) is 122 Å². The lowest BCUT2D eigenvalue weighted by atomic mass is 9.70. The van der Waals surface area contributed by atoms with Crippen molar-refractivity contribution >= 4 is 22.5 Å². The number of aryl methyl sites for hydroxylation is 1. The van der Waals surface area contributed by atoms with Crippen molar-refractivity contribution in [2.45, 2.75) is 69.8 Å². The SMILES string of the molecule is CCCCOc1ccc(C2(c3ccc(OC)cc3)C=Cc3c4c(c5cc(N6CCCCC6)c(OC)cc5c3O2)-c2ccc(-c3ccc(C)cc3)cc2C4(CCOC)CCOC)cc1. The lowest BCUT2D eigenvalue weighted by molar-refractivity contribution is 0.143. The van der Waals surface area contributed by atoms with Gasteiger partial charge in [0.1, 0.15) is 23.0 Å². The highest BCUT2D eigenvalue weighted by Crippen LogP contribution is 2.62. The first-order chi connectivity index (χ1) is 30.9. The molecule has 7 heteroatoms. The molecule has 9 rings (SSSR count). The summed E-state index contributed by atoms with van der Waals surface area (Å²) in [6.45, 7) is 8.16. The van der Waals surface area contributed by atoms with E-state index in [0.29, 0.717) is 19.8 Å². The molecule has 1 saturated heterocycles. The number of rotatable bonds is 16. The second-order valence-corrected chi connectivity index (χ2v) is 17.4. The van der Waals surface area contributed by atoms with Gasteiger partial charge in [0.25, 0.3) is 0 Å². The van der Waals surface area contributed by atoms with Gasteiger partial charge in [-0.05, 0) is 133 Å². The van der Waals surface area contributed by atoms with Gasteiger partial charge in [0.2, 0.25) is 0 Å². The quantitative estimate of drug-likeness (QED) is 0.0900. The predicted molar refractivity (Wildman–Crippen MR) is 256 cm³/mol. The average Bonchev–Trinajstić information content (AvgIpc) is 3.62. The molecule has 0 saturated carbocycles. The molecule has 1 atom stereocenters. The second kappa shape index (κ2) is 18.1. The topological polar surface area (TPSA) is 58.6 Å². The van der Waals surface area contributed by atoms with Crippen molar-refractivity contribution in [3.05, 3.63) is 143 Å². The molecule has 6 aromatic carbocycles. The van der Waals surface area contributed by atoms with Crippen LogP contribution < -0.4 is 23.8 Å². The maximum absolute atomic E-state index is 7.83. The molecule has 63 heavy (non-hydrogen) atoms. The third-order valence-corrected chi connectivity index (χ3v) is 13.7. The summed E-state index contributed by atoms with van der Waals surface area (Å²) in [5.74, 6) is 3.32. The second-order valence-electron chi connectivity index (χ2n) is 17.4. The Balaban J connectivity index is 1.34. The summed E-state index contributed by atoms with van der Waals surface area (Å²) in [4.78, 5) is 2.51. The number of benzene rings is 6. The first kappa shape index (κ1) is 42.5. The molecule has 1 fully saturated rings. The van der Waals surface area contributed by atoms with E-state index < -0.39 is 11.0 Å². The van der Waals surface area contributed by atoms with Crippen LogP contribution in [0.4, 0.5) is 5.69 Å². The van der Waals surface area contributed by atoms with Crippen molar-refractivity contribution in [3.63, 3.8) is 0 Å². The molecule has 6 aromatic rings. The Bertz CT molecular complexity index is 2580. The molecule has 1 unspecified atom stereocenters. The van der Waals surface area contributed by atoms with Gasteiger partial charge in [-0.1, -0.05) is 85.6 Å². The predicted octanol–water partition coefficient (Wildman–Crippen LogP) is 12.7. The Labute approximate surface area is 373 Å². The zero-order valence-electron chi connectivity index (χ0n) is 37.9. The summed E-state index contributed by atoms with van der Waals surface area (Å²) in [5.41, 5.74) is 11.5. The molecular weight excluding hydrogens is 783 g/mol. The van der Waals surface area contributed by atoms with Crippen LogP contribution in [0.3, 0.4) is 0 Å². The van der Waals surface area contributed by atoms with E-state index in [1.807, 2.05) is 26.4 Å². The lowest BCUT2D eigenvalue weighted by Gasteiger charge is -2.40. The fourth-order valence-electron chi connectivity index (χ4n) is 10.3. The third-order valence-electron chi connectivity index (χ3n) is 13.7. The van der Waals surface area contributed by atoms with Gasteiger partial charge in [-0.25, -0.2) is 0 Å². The summed E-state index contributed by atoms with van der Waals surface area (Å²) >= 11 is 0. The largest absolute Gasteiger partial charge is 0.497 e. The van der Waals surface area contributed by atoms with Gasteiger partial charge in [-0.15, -0.1) is 0 Å². The number of hydrogen-bond donors (Lipinski definition) is 0. The van der Waals surface area contributed by atoms with Crippen molar-refractivity contribution in [1.82, 2.24) is 0 Å². The van der Waals surface area contributed by atoms with E-state index in [0.717, 1.165) is 108 Å². The lowest BCUT2D eigenvalue weighted by Crippen LogP contribution is -2.36. The normalized spacial score (nSPS) is 17.2. The minimum Gasteiger partial charge on any atom is -0.497 e. The summed E-state index contributed by atoms with van der Waals surface area (Å²) in [5, 5.41) is 2.18. The highest BCUT2D eigenvalue weighted by molar-refractivity contribution is 6.10. The number of piperidine rings is 1. The molecule has 0 bridgehead atoms. The van der Waals surface area contributed by atoms with Crippen molar-refractivity contribution in [2.75, 3.05) is 66.2 Å². The molecule has 0 amide bonds. The Kier molecular flexibility index (Phi) is 12.3. The molecule has 3 aliphatic rings. The molecule has 0 radical (unpaired) electrons. The smallest absolute Gasteiger partial charge is 0.178 e. The molecule has 326 valence electrons. The van der Waals surface area contributed by atoms with Crippen molar-refractivity contribution < 1.29 is 28.4 Å². The molecule has 0 aromatic heterocycles. The van der Waals surface area contributed by atoms with Crippen LogP contribution in [0.5, 0.6) is 23.0 Å². The van der Waals surface area contributed by atoms with Crippen molar-refractivity contribution in [1.29, 1.82) is 0 Å². The zero-order valence-corrected chi connectivity index (χ0v) is 37.9. The van der Waals surface area contributed by atoms with E-state index >= 15 is 0 Å². The van der Waals surface area contributed by atoms with Crippen LogP contribution in [-0.2, 0) is 20.5 Å². The van der Waals surface area contributed by atoms with Gasteiger partial charge >= 0.3 is 0 Å². The van der Waals surface area contributed by atoms with Crippen LogP contribution >= 0.6 is 0 Å². The summed E-state index contributed by atoms with van der Waals surface area (Å²) in [6.07, 6.45) is 11.8. The Morgan fingerprint density at radius 1 is 0.667 bits per heavy atom. The van der Waals surface area contributed by atoms with E-state index in [9.17, 15) is 0 Å². The maximum atomic E-state index is 7.83. The number of fused-ring (bicyclic) bond motifs is 8. The van der Waals surface area contributed by atoms with Crippen LogP contribution in [0.25, 0.3) is 39.1 Å². The number of hydrogen-bond acceptors (Lipinski definition) is 7. The van der Waals surface area contributed by atoms with Gasteiger partial charge in [0, 0.05) is 68.0 Å². The van der Waals surface area contributed by atoms with Gasteiger partial charge in [-0.3, -0.25) is 0 Å². The average molecular weight is 844 g/mol. The van der Waals surface area contributed by atoms with Crippen LogP contribution in [0.2, 0.25) is 0 Å². The summed E-state index contributed by atoms with van der Waals surface area (Å²) in [6, 6.07) is 37.3.